The molecule has 3 amide bonds. The van der Waals surface area contributed by atoms with Gasteiger partial charge in [-0.2, -0.15) is 5.10 Å². The highest BCUT2D eigenvalue weighted by Gasteiger charge is 2.17. The second kappa shape index (κ2) is 11.7. The molecule has 0 bridgehead atoms. The zero-order chi connectivity index (χ0) is 27.2. The predicted molar refractivity (Wildman–Crippen MR) is 148 cm³/mol. The van der Waals surface area contributed by atoms with E-state index in [9.17, 15) is 19.5 Å². The van der Waals surface area contributed by atoms with Crippen molar-refractivity contribution in [2.45, 2.75) is 13.5 Å². The quantitative estimate of drug-likeness (QED) is 0.181. The molecule has 2 aromatic heterocycles. The summed E-state index contributed by atoms with van der Waals surface area (Å²) in [5.41, 5.74) is 10.6. The Hall–Kier alpha value is -4.48. The number of methoxy groups -OCH3 is 1. The second-order valence-electron chi connectivity index (χ2n) is 8.10. The van der Waals surface area contributed by atoms with Crippen LogP contribution >= 0.6 is 22.7 Å². The van der Waals surface area contributed by atoms with Crippen molar-refractivity contribution in [2.75, 3.05) is 7.11 Å². The van der Waals surface area contributed by atoms with E-state index in [1.54, 1.807) is 49.7 Å². The first kappa shape index (κ1) is 26.6. The molecule has 38 heavy (non-hydrogen) atoms. The molecule has 194 valence electrons. The highest BCUT2D eigenvalue weighted by molar-refractivity contribution is 7.16. The Morgan fingerprint density at radius 3 is 2.42 bits per heavy atom. The van der Waals surface area contributed by atoms with E-state index in [0.29, 0.717) is 31.5 Å². The Kier molecular flexibility index (Phi) is 8.19. The molecule has 0 aliphatic carbocycles. The van der Waals surface area contributed by atoms with E-state index in [0.717, 1.165) is 28.2 Å². The summed E-state index contributed by atoms with van der Waals surface area (Å²) in [4.78, 5) is 37.8. The molecule has 0 unspecified atom stereocenters. The van der Waals surface area contributed by atoms with Crippen LogP contribution in [0.3, 0.4) is 0 Å². The molecule has 5 N–H and O–H groups in total. The number of amides is 3. The van der Waals surface area contributed by atoms with Gasteiger partial charge in [-0.1, -0.05) is 12.1 Å². The van der Waals surface area contributed by atoms with E-state index >= 15 is 0 Å². The molecule has 11 heteroatoms. The average Bonchev–Trinajstić information content (AvgIpc) is 3.58. The number of thiophene rings is 2. The number of carbonyl (C=O) groups excluding carboxylic acids is 3. The van der Waals surface area contributed by atoms with Gasteiger partial charge in [-0.3, -0.25) is 14.4 Å². The average molecular weight is 549 g/mol. The van der Waals surface area contributed by atoms with Gasteiger partial charge < -0.3 is 20.9 Å². The van der Waals surface area contributed by atoms with Crippen LogP contribution < -0.4 is 21.2 Å². The molecule has 4 rings (SSSR count). The van der Waals surface area contributed by atoms with Crippen molar-refractivity contribution in [2.24, 2.45) is 10.8 Å². The van der Waals surface area contributed by atoms with Gasteiger partial charge in [0, 0.05) is 17.5 Å². The Morgan fingerprint density at radius 1 is 1.03 bits per heavy atom. The number of hydrazone groups is 1. The molecule has 0 saturated carbocycles. The zero-order valence-corrected chi connectivity index (χ0v) is 22.1. The Labute approximate surface area is 226 Å². The number of benzene rings is 2. The van der Waals surface area contributed by atoms with Gasteiger partial charge in [-0.15, -0.1) is 22.7 Å². The molecule has 0 aliphatic rings. The van der Waals surface area contributed by atoms with E-state index in [4.69, 9.17) is 10.5 Å². The van der Waals surface area contributed by atoms with Crippen LogP contribution in [0.25, 0.3) is 10.4 Å². The van der Waals surface area contributed by atoms with Crippen molar-refractivity contribution in [1.29, 1.82) is 0 Å². The third-order valence-corrected chi connectivity index (χ3v) is 7.65. The van der Waals surface area contributed by atoms with Gasteiger partial charge in [0.25, 0.3) is 11.8 Å². The summed E-state index contributed by atoms with van der Waals surface area (Å²) < 4.78 is 5.17. The first-order valence-corrected chi connectivity index (χ1v) is 13.0. The number of rotatable bonds is 9. The van der Waals surface area contributed by atoms with Crippen molar-refractivity contribution in [3.8, 4) is 21.9 Å². The molecule has 9 nitrogen and oxygen atoms in total. The highest BCUT2D eigenvalue weighted by Crippen LogP contribution is 2.39. The number of primary amides is 1. The molecule has 0 spiro atoms. The van der Waals surface area contributed by atoms with Crippen molar-refractivity contribution < 1.29 is 24.2 Å². The largest absolute Gasteiger partial charge is 0.506 e. The summed E-state index contributed by atoms with van der Waals surface area (Å²) in [5, 5.41) is 19.4. The molecule has 2 aromatic carbocycles. The van der Waals surface area contributed by atoms with Crippen LogP contribution in [0.5, 0.6) is 11.5 Å². The maximum atomic E-state index is 12.6. The minimum atomic E-state index is -0.545. The van der Waals surface area contributed by atoms with E-state index in [-0.39, 0.29) is 18.2 Å². The molecule has 0 radical (unpaired) electrons. The Balaban J connectivity index is 1.37. The number of nitrogens with two attached hydrogens (primary N) is 1. The van der Waals surface area contributed by atoms with Crippen LogP contribution in [-0.4, -0.2) is 35.6 Å². The maximum Gasteiger partial charge on any atom is 0.281 e. The lowest BCUT2D eigenvalue weighted by Crippen LogP contribution is -2.22. The van der Waals surface area contributed by atoms with E-state index in [2.05, 4.69) is 15.8 Å². The minimum Gasteiger partial charge on any atom is -0.506 e. The van der Waals surface area contributed by atoms with Gasteiger partial charge in [-0.05, 0) is 66.6 Å². The summed E-state index contributed by atoms with van der Waals surface area (Å²) in [5.74, 6) is -0.584. The topological polar surface area (TPSA) is 143 Å². The first-order chi connectivity index (χ1) is 18.3. The van der Waals surface area contributed by atoms with Crippen LogP contribution in [0.1, 0.15) is 47.8 Å². The number of aromatic hydroxyl groups is 1. The molecular weight excluding hydrogens is 524 g/mol. The maximum absolute atomic E-state index is 12.6. The summed E-state index contributed by atoms with van der Waals surface area (Å²) >= 11 is 2.39. The summed E-state index contributed by atoms with van der Waals surface area (Å²) in [6.45, 7) is 1.88. The van der Waals surface area contributed by atoms with Gasteiger partial charge in [0.15, 0.2) is 0 Å². The lowest BCUT2D eigenvalue weighted by Gasteiger charge is -2.05. The fourth-order valence-electron chi connectivity index (χ4n) is 3.49. The standard InChI is InChI=1S/C27H24N4O5S2/c1-15(20-14-37-24(23(20)32)17-6-8-19(36-2)9-7-17)30-31-27(35)22-11-10-21(38-22)26(34)29-13-16-4-3-5-18(12-16)25(28)33/h3-12,14,32H,13H2,1-2H3,(H2,28,33)(H,29,34)(H,31,35). The third-order valence-electron chi connectivity index (χ3n) is 5.55. The molecule has 4 aromatic rings. The fraction of sp³-hybridized carbons (Fsp3) is 0.111. The molecule has 0 atom stereocenters. The van der Waals surface area contributed by atoms with E-state index < -0.39 is 11.8 Å². The van der Waals surface area contributed by atoms with Crippen molar-refractivity contribution in [3.05, 3.63) is 92.5 Å². The van der Waals surface area contributed by atoms with Crippen molar-refractivity contribution in [3.63, 3.8) is 0 Å². The zero-order valence-electron chi connectivity index (χ0n) is 20.5. The Bertz CT molecular complexity index is 1520. The molecule has 0 aliphatic heterocycles. The highest BCUT2D eigenvalue weighted by atomic mass is 32.1. The monoisotopic (exact) mass is 548 g/mol. The van der Waals surface area contributed by atoms with Crippen LogP contribution in [0.15, 0.2) is 71.1 Å². The number of nitrogens with zero attached hydrogens (tertiary/aromatic N) is 1. The molecule has 0 fully saturated rings. The van der Waals surface area contributed by atoms with Crippen LogP contribution in [0, 0.1) is 0 Å². The van der Waals surface area contributed by atoms with Gasteiger partial charge in [0.05, 0.1) is 33.0 Å². The smallest absolute Gasteiger partial charge is 0.281 e. The lowest BCUT2D eigenvalue weighted by molar-refractivity contribution is 0.0950. The number of hydrogen-bond acceptors (Lipinski definition) is 8. The Morgan fingerprint density at radius 2 is 1.74 bits per heavy atom. The molecule has 0 saturated heterocycles. The van der Waals surface area contributed by atoms with E-state index in [1.807, 2.05) is 24.3 Å². The summed E-state index contributed by atoms with van der Waals surface area (Å²) in [7, 11) is 1.59. The minimum absolute atomic E-state index is 0.0760. The van der Waals surface area contributed by atoms with Crippen LogP contribution in [0.2, 0.25) is 0 Å². The summed E-state index contributed by atoms with van der Waals surface area (Å²) in [6.07, 6.45) is 0. The van der Waals surface area contributed by atoms with Crippen LogP contribution in [0.4, 0.5) is 0 Å². The normalized spacial score (nSPS) is 11.2. The number of ether oxygens (including phenoxy) is 1. The fourth-order valence-corrected chi connectivity index (χ4v) is 5.32. The second-order valence-corrected chi connectivity index (χ2v) is 10.1. The van der Waals surface area contributed by atoms with Crippen molar-refractivity contribution in [1.82, 2.24) is 10.7 Å². The third kappa shape index (κ3) is 6.07. The molecule has 2 heterocycles. The molecular formula is C27H24N4O5S2. The van der Waals surface area contributed by atoms with Crippen LogP contribution in [-0.2, 0) is 6.54 Å². The van der Waals surface area contributed by atoms with E-state index in [1.165, 1.54) is 17.4 Å². The SMILES string of the molecule is COc1ccc(-c2scc(C(C)=NNC(=O)c3ccc(C(=O)NCc4cccc(C(N)=O)c4)s3)c2O)cc1. The van der Waals surface area contributed by atoms with Gasteiger partial charge >= 0.3 is 0 Å². The lowest BCUT2D eigenvalue weighted by atomic mass is 10.1. The number of carbonyl (C=O) groups is 3. The van der Waals surface area contributed by atoms with Gasteiger partial charge in [0.1, 0.15) is 11.5 Å². The van der Waals surface area contributed by atoms with Gasteiger partial charge in [-0.25, -0.2) is 5.43 Å². The summed E-state index contributed by atoms with van der Waals surface area (Å²) in [6, 6.07) is 17.1. The van der Waals surface area contributed by atoms with Gasteiger partial charge in [0.2, 0.25) is 5.91 Å². The predicted octanol–water partition coefficient (Wildman–Crippen LogP) is 4.37. The number of hydrogen-bond donors (Lipinski definition) is 4. The number of nitrogens with one attached hydrogen (secondary N) is 2. The first-order valence-electron chi connectivity index (χ1n) is 11.3. The van der Waals surface area contributed by atoms with Crippen molar-refractivity contribution >= 4 is 46.1 Å².